The molecule has 1 atom stereocenters. The van der Waals surface area contributed by atoms with Crippen LogP contribution in [0.2, 0.25) is 0 Å². The number of hydrogen-bond acceptors (Lipinski definition) is 2. The number of amides is 1. The van der Waals surface area contributed by atoms with E-state index in [1.165, 1.54) is 31.4 Å². The van der Waals surface area contributed by atoms with Gasteiger partial charge in [0.15, 0.2) is 0 Å². The maximum absolute atomic E-state index is 12.7. The van der Waals surface area contributed by atoms with E-state index in [0.29, 0.717) is 6.61 Å². The fourth-order valence-electron chi connectivity index (χ4n) is 4.02. The zero-order chi connectivity index (χ0) is 20.4. The van der Waals surface area contributed by atoms with Crippen LogP contribution >= 0.6 is 22.6 Å². The summed E-state index contributed by atoms with van der Waals surface area (Å²) < 4.78 is 6.97. The number of rotatable bonds is 5. The number of halogens is 1. The molecule has 0 bridgehead atoms. The summed E-state index contributed by atoms with van der Waals surface area (Å²) in [5, 5.41) is 0. The standard InChI is InChI=1S/C25H24INO2/c1-17(14-18-8-7-9-19(26)15-18)27(2)25(28)29-16-24-22-12-5-3-10-20(22)21-11-4-6-13-23(21)24/h3-13,15,17,24H,14,16H2,1-2H3/t17-/m0/s1. The second-order valence-electron chi connectivity index (χ2n) is 7.60. The number of hydrogen-bond donors (Lipinski definition) is 0. The minimum Gasteiger partial charge on any atom is -0.448 e. The van der Waals surface area contributed by atoms with Gasteiger partial charge < -0.3 is 9.64 Å². The molecule has 0 aromatic heterocycles. The van der Waals surface area contributed by atoms with E-state index in [0.717, 1.165) is 6.42 Å². The van der Waals surface area contributed by atoms with Crippen LogP contribution in [0.15, 0.2) is 72.8 Å². The molecular weight excluding hydrogens is 473 g/mol. The van der Waals surface area contributed by atoms with Crippen LogP contribution in [-0.4, -0.2) is 30.7 Å². The van der Waals surface area contributed by atoms with Gasteiger partial charge in [0, 0.05) is 22.6 Å². The Kier molecular flexibility index (Phi) is 5.90. The Balaban J connectivity index is 1.43. The van der Waals surface area contributed by atoms with Gasteiger partial charge in [-0.3, -0.25) is 0 Å². The quantitative estimate of drug-likeness (QED) is 0.399. The van der Waals surface area contributed by atoms with Crippen molar-refractivity contribution in [3.8, 4) is 11.1 Å². The number of carbonyl (C=O) groups excluding carboxylic acids is 1. The molecule has 0 saturated carbocycles. The normalized spacial score (nSPS) is 13.5. The Morgan fingerprint density at radius 1 is 1.00 bits per heavy atom. The van der Waals surface area contributed by atoms with Crippen LogP contribution in [0.5, 0.6) is 0 Å². The molecule has 3 aromatic rings. The molecule has 0 unspecified atom stereocenters. The first-order valence-electron chi connectivity index (χ1n) is 9.87. The van der Waals surface area contributed by atoms with Crippen LogP contribution in [0.1, 0.15) is 29.5 Å². The third kappa shape index (κ3) is 4.17. The highest BCUT2D eigenvalue weighted by Gasteiger charge is 2.29. The molecule has 3 nitrogen and oxygen atoms in total. The molecule has 3 aromatic carbocycles. The van der Waals surface area contributed by atoms with Crippen LogP contribution in [0, 0.1) is 3.57 Å². The molecule has 4 heteroatoms. The molecule has 0 radical (unpaired) electrons. The van der Waals surface area contributed by atoms with E-state index in [1.54, 1.807) is 4.90 Å². The first-order chi connectivity index (χ1) is 14.0. The summed E-state index contributed by atoms with van der Waals surface area (Å²) in [4.78, 5) is 14.4. The van der Waals surface area contributed by atoms with Crippen LogP contribution < -0.4 is 0 Å². The zero-order valence-electron chi connectivity index (χ0n) is 16.6. The lowest BCUT2D eigenvalue weighted by Crippen LogP contribution is -2.37. The SMILES string of the molecule is C[C@@H](Cc1cccc(I)c1)N(C)C(=O)OCC1c2ccccc2-c2ccccc21. The summed E-state index contributed by atoms with van der Waals surface area (Å²) in [6.07, 6.45) is 0.530. The lowest BCUT2D eigenvalue weighted by Gasteiger charge is -2.25. The smallest absolute Gasteiger partial charge is 0.409 e. The number of ether oxygens (including phenoxy) is 1. The van der Waals surface area contributed by atoms with Crippen molar-refractivity contribution in [3.05, 3.63) is 93.1 Å². The van der Waals surface area contributed by atoms with E-state index in [9.17, 15) is 4.79 Å². The van der Waals surface area contributed by atoms with Crippen molar-refractivity contribution < 1.29 is 9.53 Å². The van der Waals surface area contributed by atoms with Gasteiger partial charge in [-0.25, -0.2) is 4.79 Å². The number of likely N-dealkylation sites (N-methyl/N-ethyl adjacent to an activating group) is 1. The van der Waals surface area contributed by atoms with Crippen LogP contribution in [0.25, 0.3) is 11.1 Å². The molecule has 1 aliphatic carbocycles. The summed E-state index contributed by atoms with van der Waals surface area (Å²) in [6.45, 7) is 2.41. The average Bonchev–Trinajstić information content (AvgIpc) is 3.05. The van der Waals surface area contributed by atoms with Crippen molar-refractivity contribution in [2.45, 2.75) is 25.3 Å². The summed E-state index contributed by atoms with van der Waals surface area (Å²) in [6, 6.07) is 25.2. The van der Waals surface area contributed by atoms with E-state index in [1.807, 2.05) is 7.05 Å². The lowest BCUT2D eigenvalue weighted by molar-refractivity contribution is 0.0970. The molecule has 0 N–H and O–H groups in total. The minimum atomic E-state index is -0.273. The number of nitrogens with zero attached hydrogens (tertiary/aromatic N) is 1. The summed E-state index contributed by atoms with van der Waals surface area (Å²) >= 11 is 2.31. The topological polar surface area (TPSA) is 29.5 Å². The van der Waals surface area contributed by atoms with E-state index < -0.39 is 0 Å². The van der Waals surface area contributed by atoms with Crippen molar-refractivity contribution >= 4 is 28.7 Å². The second kappa shape index (κ2) is 8.57. The predicted molar refractivity (Wildman–Crippen MR) is 125 cm³/mol. The molecule has 0 heterocycles. The predicted octanol–water partition coefficient (Wildman–Crippen LogP) is 6.10. The molecule has 1 aliphatic rings. The number of benzene rings is 3. The molecule has 0 aliphatic heterocycles. The Labute approximate surface area is 185 Å². The highest BCUT2D eigenvalue weighted by Crippen LogP contribution is 2.44. The highest BCUT2D eigenvalue weighted by molar-refractivity contribution is 14.1. The van der Waals surface area contributed by atoms with Gasteiger partial charge in [0.1, 0.15) is 6.61 Å². The fraction of sp³-hybridized carbons (Fsp3) is 0.240. The van der Waals surface area contributed by atoms with Crippen LogP contribution in [-0.2, 0) is 11.2 Å². The molecule has 29 heavy (non-hydrogen) atoms. The van der Waals surface area contributed by atoms with Gasteiger partial charge in [0.05, 0.1) is 0 Å². The van der Waals surface area contributed by atoms with E-state index >= 15 is 0 Å². The molecular formula is C25H24INO2. The Morgan fingerprint density at radius 2 is 1.62 bits per heavy atom. The van der Waals surface area contributed by atoms with Crippen LogP contribution in [0.3, 0.4) is 0 Å². The van der Waals surface area contributed by atoms with Crippen molar-refractivity contribution in [2.75, 3.05) is 13.7 Å². The third-order valence-electron chi connectivity index (χ3n) is 5.71. The fourth-order valence-corrected chi connectivity index (χ4v) is 4.63. The second-order valence-corrected chi connectivity index (χ2v) is 8.84. The Hall–Kier alpha value is -2.34. The number of carbonyl (C=O) groups is 1. The van der Waals surface area contributed by atoms with Gasteiger partial charge >= 0.3 is 6.09 Å². The third-order valence-corrected chi connectivity index (χ3v) is 6.38. The molecule has 0 spiro atoms. The van der Waals surface area contributed by atoms with E-state index in [4.69, 9.17) is 4.74 Å². The number of fused-ring (bicyclic) bond motifs is 3. The summed E-state index contributed by atoms with van der Waals surface area (Å²) in [5.74, 6) is 0.0887. The van der Waals surface area contributed by atoms with Gasteiger partial charge in [-0.15, -0.1) is 0 Å². The van der Waals surface area contributed by atoms with Gasteiger partial charge in [-0.2, -0.15) is 0 Å². The summed E-state index contributed by atoms with van der Waals surface area (Å²) in [7, 11) is 1.82. The highest BCUT2D eigenvalue weighted by atomic mass is 127. The minimum absolute atomic E-state index is 0.0591. The van der Waals surface area contributed by atoms with Crippen LogP contribution in [0.4, 0.5) is 4.79 Å². The summed E-state index contributed by atoms with van der Waals surface area (Å²) in [5.41, 5.74) is 6.17. The van der Waals surface area contributed by atoms with Crippen molar-refractivity contribution in [2.24, 2.45) is 0 Å². The molecule has 4 rings (SSSR count). The monoisotopic (exact) mass is 497 g/mol. The maximum atomic E-state index is 12.7. The maximum Gasteiger partial charge on any atom is 0.409 e. The van der Waals surface area contributed by atoms with Crippen molar-refractivity contribution in [1.82, 2.24) is 4.90 Å². The lowest BCUT2D eigenvalue weighted by atomic mass is 9.98. The molecule has 0 fully saturated rings. The van der Waals surface area contributed by atoms with Gasteiger partial charge in [0.25, 0.3) is 0 Å². The Morgan fingerprint density at radius 3 is 2.24 bits per heavy atom. The molecule has 1 amide bonds. The van der Waals surface area contributed by atoms with Gasteiger partial charge in [-0.05, 0) is 75.9 Å². The molecule has 0 saturated heterocycles. The van der Waals surface area contributed by atoms with Crippen molar-refractivity contribution in [3.63, 3.8) is 0 Å². The van der Waals surface area contributed by atoms with Gasteiger partial charge in [-0.1, -0.05) is 60.7 Å². The first-order valence-corrected chi connectivity index (χ1v) is 10.9. The Bertz CT molecular complexity index is 987. The first kappa shape index (κ1) is 20.0. The van der Waals surface area contributed by atoms with Gasteiger partial charge in [0.2, 0.25) is 0 Å². The largest absolute Gasteiger partial charge is 0.448 e. The van der Waals surface area contributed by atoms with Crippen molar-refractivity contribution in [1.29, 1.82) is 0 Å². The van der Waals surface area contributed by atoms with E-state index in [2.05, 4.69) is 102 Å². The average molecular weight is 497 g/mol. The molecule has 148 valence electrons. The van der Waals surface area contributed by atoms with E-state index in [-0.39, 0.29) is 18.1 Å². The zero-order valence-corrected chi connectivity index (χ0v) is 18.8.